The summed E-state index contributed by atoms with van der Waals surface area (Å²) >= 11 is 9.08. The first kappa shape index (κ1) is 53.1. The van der Waals surface area contributed by atoms with Crippen molar-refractivity contribution in [3.63, 3.8) is 0 Å². The van der Waals surface area contributed by atoms with Gasteiger partial charge in [0.05, 0.1) is 29.6 Å². The van der Waals surface area contributed by atoms with Crippen LogP contribution in [-0.2, 0) is 65.6 Å². The van der Waals surface area contributed by atoms with Crippen molar-refractivity contribution >= 4 is 99.6 Å². The maximum atomic E-state index is 13.0. The Bertz CT molecular complexity index is 2650. The number of hydrogen-bond donors (Lipinski definition) is 0. The van der Waals surface area contributed by atoms with Crippen molar-refractivity contribution in [2.75, 3.05) is 49.0 Å². The molecule has 0 radical (unpaired) electrons. The zero-order valence-electron chi connectivity index (χ0n) is 34.9. The number of sulfonamides is 2. The van der Waals surface area contributed by atoms with Gasteiger partial charge in [-0.3, -0.25) is 0 Å². The van der Waals surface area contributed by atoms with Crippen molar-refractivity contribution in [1.29, 1.82) is 0 Å². The molecule has 0 N–H and O–H groups in total. The number of esters is 1. The molecule has 29 heteroatoms. The van der Waals surface area contributed by atoms with E-state index in [1.165, 1.54) is 42.2 Å². The molecule has 2 aliphatic rings. The Morgan fingerprint density at radius 2 is 1.48 bits per heavy atom. The summed E-state index contributed by atoms with van der Waals surface area (Å²) in [6, 6.07) is 5.53. The molecule has 0 saturated carbocycles. The van der Waals surface area contributed by atoms with Gasteiger partial charge in [-0.05, 0) is 54.9 Å². The first-order valence-electron chi connectivity index (χ1n) is 18.9. The zero-order valence-corrected chi connectivity index (χ0v) is 39.8. The zero-order chi connectivity index (χ0) is 47.4. The molecule has 6 rings (SSSR count). The van der Waals surface area contributed by atoms with Crippen LogP contribution >= 0.6 is 27.5 Å². The van der Waals surface area contributed by atoms with E-state index in [1.807, 2.05) is 23.6 Å². The van der Waals surface area contributed by atoms with Gasteiger partial charge in [-0.25, -0.2) is 31.6 Å². The fraction of sp³-hybridized carbons (Fsp3) is 0.472. The smallest absolute Gasteiger partial charge is 0.568 e. The molecule has 2 aromatic heterocycles. The van der Waals surface area contributed by atoms with Gasteiger partial charge in [-0.15, -0.1) is 32.1 Å². The van der Waals surface area contributed by atoms with Crippen LogP contribution < -0.4 is 9.80 Å². The number of anilines is 2. The van der Waals surface area contributed by atoms with Gasteiger partial charge in [0.25, 0.3) is 0 Å². The molecule has 65 heavy (non-hydrogen) atoms. The second-order valence-electron chi connectivity index (χ2n) is 14.6. The molecule has 0 unspecified atom stereocenters. The number of alkyl halides is 8. The molecule has 0 atom stereocenters. The topological polar surface area (TPSA) is 214 Å². The number of ether oxygens (including phenoxy) is 1. The van der Waals surface area contributed by atoms with Gasteiger partial charge in [0.15, 0.2) is 20.0 Å². The van der Waals surface area contributed by atoms with Crippen molar-refractivity contribution in [3.8, 4) is 0 Å². The van der Waals surface area contributed by atoms with Gasteiger partial charge in [-0.1, -0.05) is 53.3 Å². The summed E-state index contributed by atoms with van der Waals surface area (Å²) in [7, 11) is -8.33. The molecule has 0 amide bonds. The SMILES string of the molecule is CCOC(=O)c1cnc(N=Nc2cc3c(cc2[N-]S(=O)(=O)C(F)(F)F)N(CCCl)CCC3)n1C.CN1CCC(C)(C)c2cc(N=Nc3nccn3CBr)c([N-]S(=O)(=O)C(F)(F)F)cc21.[Ni+2]. The molecular formula is C36H40BrClF6N12NiO6S2. The Hall–Kier alpha value is -4.53. The monoisotopic (exact) mass is 1090 g/mol. The molecule has 0 spiro atoms. The van der Waals surface area contributed by atoms with Crippen LogP contribution in [0.2, 0.25) is 0 Å². The van der Waals surface area contributed by atoms with Crippen molar-refractivity contribution in [3.05, 3.63) is 69.1 Å². The molecule has 0 bridgehead atoms. The maximum absolute atomic E-state index is 13.0. The quantitative estimate of drug-likeness (QED) is 0.0406. The number of halogens is 8. The maximum Gasteiger partial charge on any atom is 2.00 e. The van der Waals surface area contributed by atoms with Crippen molar-refractivity contribution in [1.82, 2.24) is 19.1 Å². The number of hydrogen-bond acceptors (Lipinski definition) is 14. The Kier molecular flexibility index (Phi) is 17.1. The summed E-state index contributed by atoms with van der Waals surface area (Å²) in [5.74, 6) is -0.213. The van der Waals surface area contributed by atoms with E-state index in [4.69, 9.17) is 16.3 Å². The third-order valence-electron chi connectivity index (χ3n) is 9.84. The van der Waals surface area contributed by atoms with Crippen LogP contribution in [0.5, 0.6) is 0 Å². The van der Waals surface area contributed by atoms with E-state index in [-0.39, 0.29) is 63.4 Å². The first-order valence-corrected chi connectivity index (χ1v) is 23.4. The van der Waals surface area contributed by atoms with Crippen LogP contribution in [0.15, 0.2) is 63.3 Å². The number of aryl methyl sites for hydroxylation is 1. The number of rotatable bonds is 13. The van der Waals surface area contributed by atoms with E-state index < -0.39 is 48.4 Å². The third kappa shape index (κ3) is 12.3. The summed E-state index contributed by atoms with van der Waals surface area (Å²) in [5, 5.41) is 15.8. The van der Waals surface area contributed by atoms with Gasteiger partial charge in [0.2, 0.25) is 11.9 Å². The Morgan fingerprint density at radius 1 is 0.892 bits per heavy atom. The van der Waals surface area contributed by atoms with E-state index >= 15 is 0 Å². The molecule has 2 aliphatic heterocycles. The number of benzene rings is 2. The molecule has 0 fully saturated rings. The van der Waals surface area contributed by atoms with Gasteiger partial charge < -0.3 is 33.1 Å². The van der Waals surface area contributed by atoms with E-state index in [9.17, 15) is 48.0 Å². The molecule has 4 aromatic rings. The van der Waals surface area contributed by atoms with Gasteiger partial charge >= 0.3 is 33.5 Å². The normalized spacial score (nSPS) is 15.2. The molecule has 4 heterocycles. The summed E-state index contributed by atoms with van der Waals surface area (Å²) in [5.41, 5.74) is -9.49. The number of fused-ring (bicyclic) bond motifs is 2. The second-order valence-corrected chi connectivity index (χ2v) is 18.7. The van der Waals surface area contributed by atoms with Crippen LogP contribution in [0.3, 0.4) is 0 Å². The summed E-state index contributed by atoms with van der Waals surface area (Å²) in [6.07, 6.45) is 6.49. The number of azo groups is 2. The molecule has 0 aliphatic carbocycles. The minimum absolute atomic E-state index is 0. The molecule has 0 saturated heterocycles. The van der Waals surface area contributed by atoms with Crippen LogP contribution in [-0.4, -0.2) is 92.1 Å². The predicted octanol–water partition coefficient (Wildman–Crippen LogP) is 10.5. The van der Waals surface area contributed by atoms with Crippen molar-refractivity contribution < 1.29 is 69.2 Å². The number of imidazole rings is 2. The largest absolute Gasteiger partial charge is 2.00 e. The minimum Gasteiger partial charge on any atom is -0.568 e. The van der Waals surface area contributed by atoms with E-state index in [2.05, 4.69) is 55.8 Å². The van der Waals surface area contributed by atoms with E-state index in [0.717, 1.165) is 24.0 Å². The average molecular weight is 1090 g/mol. The Morgan fingerprint density at radius 3 is 2.05 bits per heavy atom. The molecule has 358 valence electrons. The van der Waals surface area contributed by atoms with Crippen molar-refractivity contribution in [2.45, 2.75) is 61.9 Å². The summed E-state index contributed by atoms with van der Waals surface area (Å²) in [4.78, 5) is 23.6. The molecular weight excluding hydrogens is 1050 g/mol. The minimum atomic E-state index is -5.84. The predicted molar refractivity (Wildman–Crippen MR) is 230 cm³/mol. The summed E-state index contributed by atoms with van der Waals surface area (Å²) in [6.45, 7) is 7.48. The second kappa shape index (κ2) is 21.0. The van der Waals surface area contributed by atoms with Crippen molar-refractivity contribution in [2.24, 2.45) is 27.5 Å². The van der Waals surface area contributed by atoms with Gasteiger partial charge in [-0.2, -0.15) is 26.3 Å². The van der Waals surface area contributed by atoms with Crippen LogP contribution in [0.4, 0.5) is 72.4 Å². The number of nitrogens with zero attached hydrogens (tertiary/aromatic N) is 12. The standard InChI is InChI=1S/C19H22ClF3N6O4S.C17H19BrF3N6O2S.Ni/c1-3-33-17(30)16-11-24-18(28(16)2)26-25-13-9-12-5-4-7-29(8-6-20)15(12)10-14(13)27-34(31,32)19(21,22)23;1-16(2)4-6-26(3)14-9-13(25-30(28,29)17(19,20)21)12(8-11(14)16)23-24-15-22-5-7-27(15)10-18;/h9-11H,3-8H2,1-2H3,(H,24,26,27,30);5,7-9H,4,6,10H2,1-3H3;/q;-1;+2/p-1. The number of carbonyl (C=O) groups is 1. The fourth-order valence-electron chi connectivity index (χ4n) is 6.40. The summed E-state index contributed by atoms with van der Waals surface area (Å²) < 4.78 is 139. The first-order chi connectivity index (χ1) is 29.8. The van der Waals surface area contributed by atoms with Crippen LogP contribution in [0.25, 0.3) is 9.44 Å². The van der Waals surface area contributed by atoms with Crippen LogP contribution in [0, 0.1) is 0 Å². The number of carbonyl (C=O) groups excluding carboxylic acids is 1. The molecule has 2 aromatic carbocycles. The van der Waals surface area contributed by atoms with Gasteiger partial charge in [0, 0.05) is 63.4 Å². The Labute approximate surface area is 393 Å². The third-order valence-corrected chi connectivity index (χ3v) is 12.6. The number of aromatic nitrogens is 4. The van der Waals surface area contributed by atoms with Gasteiger partial charge in [0.1, 0.15) is 5.69 Å². The average Bonchev–Trinajstić information content (AvgIpc) is 3.83. The Balaban J connectivity index is 0.000000282. The van der Waals surface area contributed by atoms with E-state index in [1.54, 1.807) is 30.8 Å². The van der Waals surface area contributed by atoms with Crippen LogP contribution in [0.1, 0.15) is 55.2 Å². The molecule has 18 nitrogen and oxygen atoms in total. The fourth-order valence-corrected chi connectivity index (χ4v) is 8.01. The van der Waals surface area contributed by atoms with E-state index in [0.29, 0.717) is 42.9 Å².